The van der Waals surface area contributed by atoms with Gasteiger partial charge in [-0.2, -0.15) is 0 Å². The van der Waals surface area contributed by atoms with Gasteiger partial charge in [-0.25, -0.2) is 4.98 Å². The maximum atomic E-state index is 5.80. The van der Waals surface area contributed by atoms with Gasteiger partial charge in [-0.05, 0) is 32.2 Å². The Kier molecular flexibility index (Phi) is 3.59. The molecule has 3 nitrogen and oxygen atoms in total. The molecule has 0 spiro atoms. The molecule has 3 N–H and O–H groups in total. The van der Waals surface area contributed by atoms with E-state index in [1.165, 1.54) is 25.7 Å². The molecule has 0 saturated heterocycles. The predicted octanol–water partition coefficient (Wildman–Crippen LogP) is 2.38. The Morgan fingerprint density at radius 3 is 3.00 bits per heavy atom. The van der Waals surface area contributed by atoms with Gasteiger partial charge in [0.2, 0.25) is 0 Å². The van der Waals surface area contributed by atoms with Gasteiger partial charge >= 0.3 is 0 Å². The first-order valence-electron chi connectivity index (χ1n) is 5.68. The lowest BCUT2D eigenvalue weighted by atomic mass is 9.85. The molecule has 84 valence electrons. The summed E-state index contributed by atoms with van der Waals surface area (Å²) in [6.07, 6.45) is 5.15. The normalized spacial score (nSPS) is 26.5. The summed E-state index contributed by atoms with van der Waals surface area (Å²) in [7, 11) is 0. The minimum absolute atomic E-state index is 0.536. The molecular formula is C11H19N3S. The van der Waals surface area contributed by atoms with Crippen LogP contribution in [-0.4, -0.2) is 17.6 Å². The number of aromatic nitrogens is 1. The smallest absolute Gasteiger partial charge is 0.183 e. The molecule has 15 heavy (non-hydrogen) atoms. The monoisotopic (exact) mass is 225 g/mol. The van der Waals surface area contributed by atoms with Crippen molar-refractivity contribution in [3.63, 3.8) is 0 Å². The fraction of sp³-hybridized carbons (Fsp3) is 0.727. The molecule has 0 amide bonds. The number of rotatable bonds is 3. The Hall–Kier alpha value is -0.610. The van der Waals surface area contributed by atoms with Crippen molar-refractivity contribution in [2.24, 2.45) is 11.7 Å². The van der Waals surface area contributed by atoms with Crippen LogP contribution in [0.15, 0.2) is 5.38 Å². The highest BCUT2D eigenvalue weighted by molar-refractivity contribution is 7.13. The number of nitrogens with one attached hydrogen (secondary N) is 1. The van der Waals surface area contributed by atoms with E-state index in [4.69, 9.17) is 5.73 Å². The van der Waals surface area contributed by atoms with E-state index >= 15 is 0 Å². The van der Waals surface area contributed by atoms with Crippen LogP contribution >= 0.6 is 11.3 Å². The summed E-state index contributed by atoms with van der Waals surface area (Å²) < 4.78 is 0. The molecule has 4 heteroatoms. The van der Waals surface area contributed by atoms with Gasteiger partial charge in [-0.15, -0.1) is 11.3 Å². The Balaban J connectivity index is 1.97. The van der Waals surface area contributed by atoms with Gasteiger partial charge in [-0.1, -0.05) is 12.8 Å². The van der Waals surface area contributed by atoms with Crippen molar-refractivity contribution >= 4 is 16.5 Å². The van der Waals surface area contributed by atoms with Crippen LogP contribution in [0.4, 0.5) is 5.13 Å². The SMILES string of the molecule is Cc1csc(NC2CCCCC2CN)n1. The summed E-state index contributed by atoms with van der Waals surface area (Å²) in [5, 5.41) is 6.67. The van der Waals surface area contributed by atoms with E-state index in [0.717, 1.165) is 17.4 Å². The van der Waals surface area contributed by atoms with E-state index in [0.29, 0.717) is 12.0 Å². The maximum absolute atomic E-state index is 5.80. The highest BCUT2D eigenvalue weighted by Gasteiger charge is 2.24. The van der Waals surface area contributed by atoms with E-state index < -0.39 is 0 Å². The van der Waals surface area contributed by atoms with Crippen LogP contribution in [-0.2, 0) is 0 Å². The molecule has 1 saturated carbocycles. The molecule has 1 aromatic rings. The third-order valence-corrected chi connectivity index (χ3v) is 4.03. The lowest BCUT2D eigenvalue weighted by Crippen LogP contribution is -2.36. The van der Waals surface area contributed by atoms with Crippen LogP contribution in [0.1, 0.15) is 31.4 Å². The molecule has 2 rings (SSSR count). The molecule has 0 bridgehead atoms. The van der Waals surface area contributed by atoms with E-state index in [9.17, 15) is 0 Å². The van der Waals surface area contributed by atoms with Gasteiger partial charge < -0.3 is 11.1 Å². The average molecular weight is 225 g/mol. The summed E-state index contributed by atoms with van der Waals surface area (Å²) >= 11 is 1.69. The topological polar surface area (TPSA) is 50.9 Å². The second-order valence-electron chi connectivity index (χ2n) is 4.33. The number of thiazole rings is 1. The van der Waals surface area contributed by atoms with E-state index in [1.54, 1.807) is 11.3 Å². The van der Waals surface area contributed by atoms with Crippen LogP contribution in [0.3, 0.4) is 0 Å². The molecule has 1 aliphatic rings. The minimum atomic E-state index is 0.536. The van der Waals surface area contributed by atoms with Crippen molar-refractivity contribution in [3.8, 4) is 0 Å². The third kappa shape index (κ3) is 2.69. The highest BCUT2D eigenvalue weighted by Crippen LogP contribution is 2.27. The van der Waals surface area contributed by atoms with Gasteiger partial charge in [0.1, 0.15) is 0 Å². The van der Waals surface area contributed by atoms with Gasteiger partial charge in [0.25, 0.3) is 0 Å². The largest absolute Gasteiger partial charge is 0.358 e. The van der Waals surface area contributed by atoms with Gasteiger partial charge in [0.05, 0.1) is 5.69 Å². The number of hydrogen-bond acceptors (Lipinski definition) is 4. The molecule has 0 radical (unpaired) electrons. The summed E-state index contributed by atoms with van der Waals surface area (Å²) in [4.78, 5) is 4.44. The first-order valence-corrected chi connectivity index (χ1v) is 6.56. The highest BCUT2D eigenvalue weighted by atomic mass is 32.1. The number of nitrogens with two attached hydrogens (primary N) is 1. The zero-order chi connectivity index (χ0) is 10.7. The van der Waals surface area contributed by atoms with Gasteiger partial charge in [-0.3, -0.25) is 0 Å². The molecule has 0 aliphatic heterocycles. The Bertz CT molecular complexity index is 311. The van der Waals surface area contributed by atoms with E-state index in [1.807, 2.05) is 6.92 Å². The zero-order valence-electron chi connectivity index (χ0n) is 9.20. The first kappa shape index (κ1) is 10.9. The molecule has 0 aromatic carbocycles. The molecule has 2 atom stereocenters. The summed E-state index contributed by atoms with van der Waals surface area (Å²) in [5.41, 5.74) is 6.90. The Morgan fingerprint density at radius 2 is 2.33 bits per heavy atom. The van der Waals surface area contributed by atoms with Crippen molar-refractivity contribution < 1.29 is 0 Å². The zero-order valence-corrected chi connectivity index (χ0v) is 10.0. The summed E-state index contributed by atoms with van der Waals surface area (Å²) in [6, 6.07) is 0.536. The van der Waals surface area contributed by atoms with Crippen LogP contribution < -0.4 is 11.1 Å². The van der Waals surface area contributed by atoms with Crippen molar-refractivity contribution in [1.82, 2.24) is 4.98 Å². The quantitative estimate of drug-likeness (QED) is 0.830. The second kappa shape index (κ2) is 4.94. The lowest BCUT2D eigenvalue weighted by Gasteiger charge is -2.31. The first-order chi connectivity index (χ1) is 7.29. The number of hydrogen-bond donors (Lipinski definition) is 2. The predicted molar refractivity (Wildman–Crippen MR) is 65.3 cm³/mol. The summed E-state index contributed by atoms with van der Waals surface area (Å²) in [6.45, 7) is 2.82. The molecule has 1 fully saturated rings. The van der Waals surface area contributed by atoms with Crippen LogP contribution in [0.25, 0.3) is 0 Å². The molecule has 1 heterocycles. The van der Waals surface area contributed by atoms with Crippen molar-refractivity contribution in [1.29, 1.82) is 0 Å². The molecule has 2 unspecified atom stereocenters. The lowest BCUT2D eigenvalue weighted by molar-refractivity contribution is 0.332. The average Bonchev–Trinajstić information content (AvgIpc) is 2.65. The minimum Gasteiger partial charge on any atom is -0.358 e. The molecule has 1 aliphatic carbocycles. The number of aryl methyl sites for hydroxylation is 1. The molecule has 1 aromatic heterocycles. The van der Waals surface area contributed by atoms with Gasteiger partial charge in [0.15, 0.2) is 5.13 Å². The van der Waals surface area contributed by atoms with E-state index in [2.05, 4.69) is 15.7 Å². The van der Waals surface area contributed by atoms with Crippen LogP contribution in [0.5, 0.6) is 0 Å². The van der Waals surface area contributed by atoms with Gasteiger partial charge in [0, 0.05) is 11.4 Å². The standard InChI is InChI=1S/C11H19N3S/c1-8-7-15-11(13-8)14-10-5-3-2-4-9(10)6-12/h7,9-10H,2-6,12H2,1H3,(H,13,14). The van der Waals surface area contributed by atoms with Crippen molar-refractivity contribution in [2.45, 2.75) is 38.6 Å². The Morgan fingerprint density at radius 1 is 1.53 bits per heavy atom. The molecular weight excluding hydrogens is 206 g/mol. The maximum Gasteiger partial charge on any atom is 0.183 e. The van der Waals surface area contributed by atoms with Crippen molar-refractivity contribution in [2.75, 3.05) is 11.9 Å². The van der Waals surface area contributed by atoms with Crippen molar-refractivity contribution in [3.05, 3.63) is 11.1 Å². The fourth-order valence-electron chi connectivity index (χ4n) is 2.26. The fourth-order valence-corrected chi connectivity index (χ4v) is 3.01. The van der Waals surface area contributed by atoms with Crippen LogP contribution in [0.2, 0.25) is 0 Å². The summed E-state index contributed by atoms with van der Waals surface area (Å²) in [5.74, 6) is 0.628. The number of nitrogens with zero attached hydrogens (tertiary/aromatic N) is 1. The Labute approximate surface area is 95.1 Å². The second-order valence-corrected chi connectivity index (χ2v) is 5.18. The number of anilines is 1. The van der Waals surface area contributed by atoms with Crippen LogP contribution in [0, 0.1) is 12.8 Å². The van der Waals surface area contributed by atoms with E-state index in [-0.39, 0.29) is 0 Å². The third-order valence-electron chi connectivity index (χ3n) is 3.14.